The predicted octanol–water partition coefficient (Wildman–Crippen LogP) is 3.11. The molecule has 1 unspecified atom stereocenters. The largest absolute Gasteiger partial charge is 0.438 e. The van der Waals surface area contributed by atoms with Crippen molar-refractivity contribution in [3.8, 4) is 5.88 Å². The number of carbonyl (C=O) groups excluding carboxylic acids is 1. The average molecular weight is 318 g/mol. The molecule has 1 rings (SSSR count). The Morgan fingerprint density at radius 2 is 2.10 bits per heavy atom. The van der Waals surface area contributed by atoms with E-state index in [9.17, 15) is 4.79 Å². The summed E-state index contributed by atoms with van der Waals surface area (Å²) in [5.41, 5.74) is 0.750. The molecule has 8 heteroatoms. The number of rotatable bonds is 6. The summed E-state index contributed by atoms with van der Waals surface area (Å²) in [5, 5.41) is 0. The monoisotopic (exact) mass is 318 g/mol. The maximum Gasteiger partial charge on any atom is 0.438 e. The van der Waals surface area contributed by atoms with E-state index in [-0.39, 0.29) is 18.4 Å². The molecule has 0 amide bonds. The van der Waals surface area contributed by atoms with E-state index < -0.39 is 12.7 Å². The van der Waals surface area contributed by atoms with E-state index in [2.05, 4.69) is 9.97 Å². The highest BCUT2D eigenvalue weighted by Gasteiger charge is 2.26. The molecule has 1 heterocycles. The maximum atomic E-state index is 11.1. The van der Waals surface area contributed by atoms with Crippen molar-refractivity contribution < 1.29 is 18.4 Å². The molecule has 0 bridgehead atoms. The zero-order valence-electron chi connectivity index (χ0n) is 12.2. The minimum absolute atomic E-state index is 0.149. The molecule has 0 radical (unpaired) electrons. The third-order valence-electron chi connectivity index (χ3n) is 2.10. The van der Waals surface area contributed by atoms with Gasteiger partial charge in [-0.3, -0.25) is 9.32 Å². The van der Waals surface area contributed by atoms with Crippen LogP contribution in [-0.4, -0.2) is 22.5 Å². The molecular weight excluding hydrogens is 299 g/mol. The first-order valence-electron chi connectivity index (χ1n) is 6.25. The quantitative estimate of drug-likeness (QED) is 0.746. The lowest BCUT2D eigenvalue weighted by atomic mass is 10.2. The van der Waals surface area contributed by atoms with Gasteiger partial charge < -0.3 is 9.05 Å². The molecule has 0 fully saturated rings. The molecule has 0 N–H and O–H groups in total. The number of hydrogen-bond acceptors (Lipinski definition) is 7. The molecule has 0 aliphatic carbocycles. The number of hydrogen-bond donors (Lipinski definition) is 0. The van der Waals surface area contributed by atoms with Crippen LogP contribution in [0.2, 0.25) is 0 Å². The van der Waals surface area contributed by atoms with Gasteiger partial charge in [0, 0.05) is 36.4 Å². The van der Waals surface area contributed by atoms with E-state index in [4.69, 9.17) is 25.4 Å². The summed E-state index contributed by atoms with van der Waals surface area (Å²) >= 11 is 5.17. The summed E-state index contributed by atoms with van der Waals surface area (Å²) in [6.45, 7) is 5.90. The fourth-order valence-corrected chi connectivity index (χ4v) is 3.32. The molecule has 1 aromatic heterocycles. The summed E-state index contributed by atoms with van der Waals surface area (Å²) in [5.74, 6) is 0.507. The van der Waals surface area contributed by atoms with Gasteiger partial charge in [-0.25, -0.2) is 4.98 Å². The molecule has 0 saturated carbocycles. The fraction of sp³-hybridized carbons (Fsp3) is 0.583. The molecule has 0 spiro atoms. The highest BCUT2D eigenvalue weighted by atomic mass is 32.5. The van der Waals surface area contributed by atoms with Crippen molar-refractivity contribution in [3.05, 3.63) is 17.6 Å². The van der Waals surface area contributed by atoms with Crippen LogP contribution >= 0.6 is 6.72 Å². The Morgan fingerprint density at radius 1 is 1.45 bits per heavy atom. The Balaban J connectivity index is 3.05. The first-order valence-corrected chi connectivity index (χ1v) is 8.81. The van der Waals surface area contributed by atoms with Gasteiger partial charge in [0.15, 0.2) is 0 Å². The molecule has 20 heavy (non-hydrogen) atoms. The number of carbonyl (C=O) groups is 1. The molecule has 6 nitrogen and oxygen atoms in total. The van der Waals surface area contributed by atoms with E-state index in [0.717, 1.165) is 5.69 Å². The molecule has 112 valence electrons. The smallest absolute Gasteiger partial charge is 0.397 e. The van der Waals surface area contributed by atoms with Crippen LogP contribution in [-0.2, 0) is 25.6 Å². The van der Waals surface area contributed by atoms with E-state index >= 15 is 0 Å². The molecule has 0 aliphatic heterocycles. The Kier molecular flexibility index (Phi) is 6.05. The molecule has 1 atom stereocenters. The second kappa shape index (κ2) is 7.11. The van der Waals surface area contributed by atoms with E-state index in [1.165, 1.54) is 6.92 Å². The lowest BCUT2D eigenvalue weighted by Crippen LogP contribution is -2.08. The van der Waals surface area contributed by atoms with Crippen LogP contribution in [0.1, 0.15) is 45.1 Å². The highest BCUT2D eigenvalue weighted by Crippen LogP contribution is 2.49. The maximum absolute atomic E-state index is 11.1. The Labute approximate surface area is 124 Å². The van der Waals surface area contributed by atoms with Crippen molar-refractivity contribution in [1.82, 2.24) is 9.97 Å². The van der Waals surface area contributed by atoms with E-state index in [1.54, 1.807) is 13.0 Å². The van der Waals surface area contributed by atoms with Crippen LogP contribution in [0.3, 0.4) is 0 Å². The Morgan fingerprint density at radius 3 is 2.60 bits per heavy atom. The SMILES string of the molecule is CCOP(=S)(OC(C)=O)Oc1cc(C)nc(C(C)C)n1. The van der Waals surface area contributed by atoms with Crippen molar-refractivity contribution in [2.75, 3.05) is 6.61 Å². The third-order valence-corrected chi connectivity index (χ3v) is 4.33. The van der Waals surface area contributed by atoms with Gasteiger partial charge in [0.25, 0.3) is 0 Å². The van der Waals surface area contributed by atoms with Crippen molar-refractivity contribution in [2.24, 2.45) is 0 Å². The number of aromatic nitrogens is 2. The third kappa shape index (κ3) is 5.15. The topological polar surface area (TPSA) is 70.5 Å². The van der Waals surface area contributed by atoms with Crippen molar-refractivity contribution in [2.45, 2.75) is 40.5 Å². The second-order valence-corrected chi connectivity index (χ2v) is 7.26. The van der Waals surface area contributed by atoms with Gasteiger partial charge in [0.2, 0.25) is 5.88 Å². The second-order valence-electron chi connectivity index (χ2n) is 4.40. The lowest BCUT2D eigenvalue weighted by molar-refractivity contribution is -0.132. The summed E-state index contributed by atoms with van der Waals surface area (Å²) in [4.78, 5) is 19.7. The molecule has 0 aliphatic rings. The van der Waals surface area contributed by atoms with Gasteiger partial charge in [-0.1, -0.05) is 13.8 Å². The van der Waals surface area contributed by atoms with Gasteiger partial charge in [0.05, 0.1) is 6.61 Å². The molecule has 0 saturated heterocycles. The van der Waals surface area contributed by atoms with E-state index in [1.807, 2.05) is 20.8 Å². The van der Waals surface area contributed by atoms with Crippen molar-refractivity contribution >= 4 is 24.5 Å². The summed E-state index contributed by atoms with van der Waals surface area (Å²) in [6, 6.07) is 1.63. The molecule has 1 aromatic rings. The summed E-state index contributed by atoms with van der Waals surface area (Å²) in [7, 11) is 0. The van der Waals surface area contributed by atoms with Crippen LogP contribution in [0.5, 0.6) is 5.88 Å². The van der Waals surface area contributed by atoms with Gasteiger partial charge in [0.1, 0.15) is 5.82 Å². The molecular formula is C12H19N2O4PS. The Bertz CT molecular complexity index is 536. The van der Waals surface area contributed by atoms with Gasteiger partial charge in [-0.15, -0.1) is 0 Å². The summed E-state index contributed by atoms with van der Waals surface area (Å²) < 4.78 is 15.8. The first kappa shape index (κ1) is 17.0. The van der Waals surface area contributed by atoms with Gasteiger partial charge >= 0.3 is 12.7 Å². The zero-order valence-corrected chi connectivity index (χ0v) is 14.0. The van der Waals surface area contributed by atoms with Crippen LogP contribution < -0.4 is 4.52 Å². The number of nitrogens with zero attached hydrogens (tertiary/aromatic N) is 2. The minimum atomic E-state index is -3.17. The van der Waals surface area contributed by atoms with Gasteiger partial charge in [-0.05, 0) is 13.8 Å². The van der Waals surface area contributed by atoms with E-state index in [0.29, 0.717) is 5.82 Å². The first-order chi connectivity index (χ1) is 9.25. The standard InChI is InChI=1S/C12H19N2O4PS/c1-6-16-19(20,17-10(5)15)18-11-7-9(4)13-12(14-11)8(2)3/h7-8H,6H2,1-5H3. The highest BCUT2D eigenvalue weighted by molar-refractivity contribution is 8.07. The lowest BCUT2D eigenvalue weighted by Gasteiger charge is -2.20. The number of aryl methyl sites for hydroxylation is 1. The predicted molar refractivity (Wildman–Crippen MR) is 79.2 cm³/mol. The summed E-state index contributed by atoms with van der Waals surface area (Å²) in [6.07, 6.45) is 0. The van der Waals surface area contributed by atoms with Crippen LogP contribution in [0.25, 0.3) is 0 Å². The molecule has 0 aromatic carbocycles. The normalized spacial score (nSPS) is 13.9. The average Bonchev–Trinajstić information content (AvgIpc) is 2.26. The van der Waals surface area contributed by atoms with Crippen molar-refractivity contribution in [1.29, 1.82) is 0 Å². The van der Waals surface area contributed by atoms with Crippen LogP contribution in [0, 0.1) is 6.92 Å². The van der Waals surface area contributed by atoms with Crippen molar-refractivity contribution in [3.63, 3.8) is 0 Å². The Hall–Kier alpha value is -1.04. The van der Waals surface area contributed by atoms with Gasteiger partial charge in [-0.2, -0.15) is 4.98 Å². The van der Waals surface area contributed by atoms with Crippen LogP contribution in [0.15, 0.2) is 6.07 Å². The minimum Gasteiger partial charge on any atom is -0.397 e. The fourth-order valence-electron chi connectivity index (χ4n) is 1.37. The van der Waals surface area contributed by atoms with Crippen LogP contribution in [0.4, 0.5) is 0 Å². The zero-order chi connectivity index (χ0) is 15.3.